The van der Waals surface area contributed by atoms with Crippen molar-refractivity contribution < 1.29 is 4.79 Å². The Bertz CT molecular complexity index is 629. The van der Waals surface area contributed by atoms with Crippen molar-refractivity contribution in [2.45, 2.75) is 18.9 Å². The van der Waals surface area contributed by atoms with Crippen molar-refractivity contribution >= 4 is 11.6 Å². The number of nitrogens with one attached hydrogen (secondary N) is 2. The highest BCUT2D eigenvalue weighted by Crippen LogP contribution is 2.51. The van der Waals surface area contributed by atoms with Crippen LogP contribution in [0, 0.1) is 5.41 Å². The summed E-state index contributed by atoms with van der Waals surface area (Å²) in [6, 6.07) is 10.2. The van der Waals surface area contributed by atoms with E-state index in [1.807, 2.05) is 47.5 Å². The van der Waals surface area contributed by atoms with E-state index in [2.05, 4.69) is 16.7 Å². The summed E-state index contributed by atoms with van der Waals surface area (Å²) < 4.78 is 0. The number of β-lactam (4-membered cyclic amide) rings is 1. The smallest absolute Gasteiger partial charge is 0.236 e. The molecule has 0 aromatic heterocycles. The summed E-state index contributed by atoms with van der Waals surface area (Å²) in [5.41, 5.74) is 2.12. The molecule has 22 heavy (non-hydrogen) atoms. The Balaban J connectivity index is 1.74. The summed E-state index contributed by atoms with van der Waals surface area (Å²) in [7, 11) is 0. The third-order valence-corrected chi connectivity index (χ3v) is 5.14. The maximum absolute atomic E-state index is 13.0. The predicted molar refractivity (Wildman–Crippen MR) is 87.5 cm³/mol. The van der Waals surface area contributed by atoms with Crippen molar-refractivity contribution in [3.05, 3.63) is 54.3 Å². The summed E-state index contributed by atoms with van der Waals surface area (Å²) >= 11 is 0. The van der Waals surface area contributed by atoms with Gasteiger partial charge in [0.15, 0.2) is 0 Å². The van der Waals surface area contributed by atoms with Crippen LogP contribution in [0.4, 0.5) is 5.69 Å². The lowest BCUT2D eigenvalue weighted by molar-refractivity contribution is -0.140. The lowest BCUT2D eigenvalue weighted by Gasteiger charge is -2.58. The Morgan fingerprint density at radius 1 is 1.14 bits per heavy atom. The zero-order valence-electron chi connectivity index (χ0n) is 12.6. The van der Waals surface area contributed by atoms with Crippen LogP contribution < -0.4 is 15.5 Å². The molecule has 4 nitrogen and oxygen atoms in total. The van der Waals surface area contributed by atoms with Crippen LogP contribution in [-0.4, -0.2) is 31.6 Å². The van der Waals surface area contributed by atoms with Gasteiger partial charge in [0.25, 0.3) is 0 Å². The second kappa shape index (κ2) is 5.29. The second-order valence-corrected chi connectivity index (χ2v) is 6.30. The minimum Gasteiger partial charge on any atom is -0.387 e. The van der Waals surface area contributed by atoms with Gasteiger partial charge in [-0.1, -0.05) is 24.3 Å². The van der Waals surface area contributed by atoms with Crippen LogP contribution in [0.5, 0.6) is 0 Å². The zero-order valence-corrected chi connectivity index (χ0v) is 12.6. The number of nitrogens with zero attached hydrogens (tertiary/aromatic N) is 1. The number of dihydropyridines is 1. The van der Waals surface area contributed by atoms with Gasteiger partial charge in [0.1, 0.15) is 0 Å². The molecule has 114 valence electrons. The number of piperidine rings is 1. The van der Waals surface area contributed by atoms with Gasteiger partial charge < -0.3 is 15.5 Å². The molecule has 1 aromatic carbocycles. The van der Waals surface area contributed by atoms with E-state index in [9.17, 15) is 4.79 Å². The number of rotatable bonds is 2. The number of para-hydroxylation sites is 1. The number of carbonyl (C=O) groups is 1. The third kappa shape index (κ3) is 1.91. The van der Waals surface area contributed by atoms with Crippen LogP contribution in [0.1, 0.15) is 12.8 Å². The molecule has 1 aromatic rings. The van der Waals surface area contributed by atoms with E-state index in [4.69, 9.17) is 0 Å². The number of amides is 1. The van der Waals surface area contributed by atoms with Gasteiger partial charge in [0, 0.05) is 12.2 Å². The molecule has 4 rings (SSSR count). The van der Waals surface area contributed by atoms with E-state index in [0.717, 1.165) is 38.2 Å². The molecule has 1 unspecified atom stereocenters. The first kappa shape index (κ1) is 13.6. The molecule has 1 atom stereocenters. The van der Waals surface area contributed by atoms with E-state index >= 15 is 0 Å². The molecule has 0 aliphatic carbocycles. The van der Waals surface area contributed by atoms with Crippen molar-refractivity contribution in [2.24, 2.45) is 5.41 Å². The van der Waals surface area contributed by atoms with Gasteiger partial charge in [-0.2, -0.15) is 0 Å². The van der Waals surface area contributed by atoms with Crippen LogP contribution >= 0.6 is 0 Å². The van der Waals surface area contributed by atoms with Crippen molar-refractivity contribution in [2.75, 3.05) is 24.5 Å². The Labute approximate surface area is 130 Å². The maximum atomic E-state index is 13.0. The van der Waals surface area contributed by atoms with Crippen LogP contribution in [0.3, 0.4) is 0 Å². The fourth-order valence-corrected chi connectivity index (χ4v) is 4.05. The molecule has 1 spiro atoms. The SMILES string of the molecule is O=C1N(c2ccccc2)C(C2=CC=CNC2)C12CCNCC2. The Morgan fingerprint density at radius 3 is 2.59 bits per heavy atom. The van der Waals surface area contributed by atoms with Crippen molar-refractivity contribution in [3.63, 3.8) is 0 Å². The van der Waals surface area contributed by atoms with Crippen LogP contribution in [0.25, 0.3) is 0 Å². The molecule has 1 amide bonds. The Morgan fingerprint density at radius 2 is 1.91 bits per heavy atom. The van der Waals surface area contributed by atoms with Crippen molar-refractivity contribution in [1.82, 2.24) is 10.6 Å². The minimum absolute atomic E-state index is 0.182. The topological polar surface area (TPSA) is 44.4 Å². The summed E-state index contributed by atoms with van der Waals surface area (Å²) in [5, 5.41) is 6.68. The number of hydrogen-bond donors (Lipinski definition) is 2. The van der Waals surface area contributed by atoms with Crippen LogP contribution in [0.2, 0.25) is 0 Å². The molecule has 2 saturated heterocycles. The van der Waals surface area contributed by atoms with Gasteiger partial charge in [-0.3, -0.25) is 4.79 Å². The Kier molecular flexibility index (Phi) is 3.26. The Hall–Kier alpha value is -2.07. The van der Waals surface area contributed by atoms with E-state index < -0.39 is 0 Å². The molecular formula is C18H21N3O. The van der Waals surface area contributed by atoms with E-state index in [0.29, 0.717) is 5.91 Å². The molecule has 0 bridgehead atoms. The molecule has 3 heterocycles. The fraction of sp³-hybridized carbons (Fsp3) is 0.389. The number of hydrogen-bond acceptors (Lipinski definition) is 3. The highest BCUT2D eigenvalue weighted by Gasteiger charge is 2.61. The minimum atomic E-state index is -0.209. The first-order valence-corrected chi connectivity index (χ1v) is 8.01. The van der Waals surface area contributed by atoms with Crippen molar-refractivity contribution in [1.29, 1.82) is 0 Å². The average molecular weight is 295 g/mol. The third-order valence-electron chi connectivity index (χ3n) is 5.14. The maximum Gasteiger partial charge on any atom is 0.236 e. The van der Waals surface area contributed by atoms with Gasteiger partial charge in [-0.15, -0.1) is 0 Å². The molecule has 2 N–H and O–H groups in total. The van der Waals surface area contributed by atoms with Gasteiger partial charge >= 0.3 is 0 Å². The van der Waals surface area contributed by atoms with Crippen LogP contribution in [-0.2, 0) is 4.79 Å². The van der Waals surface area contributed by atoms with Gasteiger partial charge in [-0.05, 0) is 55.9 Å². The number of anilines is 1. The van der Waals surface area contributed by atoms with Gasteiger partial charge in [-0.25, -0.2) is 0 Å². The molecule has 0 radical (unpaired) electrons. The van der Waals surface area contributed by atoms with Gasteiger partial charge in [0.05, 0.1) is 11.5 Å². The fourth-order valence-electron chi connectivity index (χ4n) is 4.05. The summed E-state index contributed by atoms with van der Waals surface area (Å²) in [6.07, 6.45) is 8.04. The molecule has 2 fully saturated rings. The van der Waals surface area contributed by atoms with Gasteiger partial charge in [0.2, 0.25) is 5.91 Å². The monoisotopic (exact) mass is 295 g/mol. The lowest BCUT2D eigenvalue weighted by Crippen LogP contribution is -2.72. The number of carbonyl (C=O) groups excluding carboxylic acids is 1. The number of benzene rings is 1. The van der Waals surface area contributed by atoms with Crippen molar-refractivity contribution in [3.8, 4) is 0 Å². The van der Waals surface area contributed by atoms with E-state index in [-0.39, 0.29) is 11.5 Å². The largest absolute Gasteiger partial charge is 0.387 e. The normalized spacial score (nSPS) is 26.4. The molecule has 4 heteroatoms. The standard InChI is InChI=1S/C18H21N3O/c22-17-18(8-11-19-12-9-18)16(14-5-4-10-20-13-14)21(17)15-6-2-1-3-7-15/h1-7,10,16,19-20H,8-9,11-13H2. The first-order valence-electron chi connectivity index (χ1n) is 8.01. The second-order valence-electron chi connectivity index (χ2n) is 6.30. The summed E-state index contributed by atoms with van der Waals surface area (Å²) in [6.45, 7) is 2.69. The first-order chi connectivity index (χ1) is 10.8. The van der Waals surface area contributed by atoms with E-state index in [1.165, 1.54) is 5.57 Å². The summed E-state index contributed by atoms with van der Waals surface area (Å²) in [5.74, 6) is 0.292. The predicted octanol–water partition coefficient (Wildman–Crippen LogP) is 1.81. The van der Waals surface area contributed by atoms with Crippen LogP contribution in [0.15, 0.2) is 54.3 Å². The molecule has 3 aliphatic rings. The number of allylic oxidation sites excluding steroid dienone is 2. The highest BCUT2D eigenvalue weighted by atomic mass is 16.2. The quantitative estimate of drug-likeness (QED) is 0.818. The highest BCUT2D eigenvalue weighted by molar-refractivity contribution is 6.07. The summed E-state index contributed by atoms with van der Waals surface area (Å²) in [4.78, 5) is 15.0. The molecule has 3 aliphatic heterocycles. The molecular weight excluding hydrogens is 274 g/mol. The van der Waals surface area contributed by atoms with E-state index in [1.54, 1.807) is 0 Å². The average Bonchev–Trinajstić information content (AvgIpc) is 2.61. The lowest BCUT2D eigenvalue weighted by atomic mass is 9.62. The molecule has 0 saturated carbocycles. The zero-order chi connectivity index (χ0) is 15.0.